The number of carbonyl (C=O) groups excluding carboxylic acids is 2. The number of nitro groups is 1. The Hall–Kier alpha value is -3.22. The molecular formula is C18H18N2O5. The maximum atomic E-state index is 12.2. The topological polar surface area (TPSA) is 98.5 Å². The third-order valence-electron chi connectivity index (χ3n) is 3.72. The van der Waals surface area contributed by atoms with E-state index in [0.29, 0.717) is 5.56 Å². The average Bonchev–Trinajstić information content (AvgIpc) is 2.58. The van der Waals surface area contributed by atoms with E-state index >= 15 is 0 Å². The fraction of sp³-hybridized carbons (Fsp3) is 0.222. The van der Waals surface area contributed by atoms with Crippen LogP contribution in [0.1, 0.15) is 31.8 Å². The van der Waals surface area contributed by atoms with Crippen molar-refractivity contribution >= 4 is 23.1 Å². The average molecular weight is 342 g/mol. The predicted octanol–water partition coefficient (Wildman–Crippen LogP) is 3.29. The fourth-order valence-corrected chi connectivity index (χ4v) is 2.44. The number of ketones is 1. The van der Waals surface area contributed by atoms with Crippen molar-refractivity contribution in [3.05, 3.63) is 68.8 Å². The van der Waals surface area contributed by atoms with E-state index in [1.54, 1.807) is 13.1 Å². The van der Waals surface area contributed by atoms with Crippen molar-refractivity contribution in [1.82, 2.24) is 0 Å². The molecule has 0 saturated carbocycles. The summed E-state index contributed by atoms with van der Waals surface area (Å²) in [5.41, 5.74) is 2.37. The molecular weight excluding hydrogens is 324 g/mol. The summed E-state index contributed by atoms with van der Waals surface area (Å²) in [4.78, 5) is 34.7. The molecule has 25 heavy (non-hydrogen) atoms. The van der Waals surface area contributed by atoms with Crippen LogP contribution in [-0.2, 0) is 4.74 Å². The van der Waals surface area contributed by atoms with Gasteiger partial charge < -0.3 is 10.1 Å². The highest BCUT2D eigenvalue weighted by Gasteiger charge is 2.19. The molecule has 0 aliphatic heterocycles. The maximum absolute atomic E-state index is 12.2. The SMILES string of the molecule is CNc1ccc(C(=O)OCC(=O)c2ccc(C)cc2C)cc1[N+](=O)[O-]. The first-order valence-electron chi connectivity index (χ1n) is 7.57. The van der Waals surface area contributed by atoms with Gasteiger partial charge in [0.2, 0.25) is 5.78 Å². The Morgan fingerprint density at radius 3 is 2.48 bits per heavy atom. The summed E-state index contributed by atoms with van der Waals surface area (Å²) in [5, 5.41) is 13.7. The molecule has 0 spiro atoms. The van der Waals surface area contributed by atoms with Crippen LogP contribution in [0.25, 0.3) is 0 Å². The van der Waals surface area contributed by atoms with Crippen molar-refractivity contribution in [2.24, 2.45) is 0 Å². The van der Waals surface area contributed by atoms with Crippen LogP contribution in [0, 0.1) is 24.0 Å². The van der Waals surface area contributed by atoms with Crippen molar-refractivity contribution in [3.63, 3.8) is 0 Å². The summed E-state index contributed by atoms with van der Waals surface area (Å²) in [5.74, 6) is -1.11. The smallest absolute Gasteiger partial charge is 0.338 e. The minimum absolute atomic E-state index is 0.0131. The second-order valence-electron chi connectivity index (χ2n) is 5.56. The van der Waals surface area contributed by atoms with Crippen LogP contribution >= 0.6 is 0 Å². The number of nitrogens with zero attached hydrogens (tertiary/aromatic N) is 1. The largest absolute Gasteiger partial charge is 0.454 e. The molecule has 0 aliphatic rings. The highest BCUT2D eigenvalue weighted by atomic mass is 16.6. The number of rotatable bonds is 6. The molecule has 2 aromatic rings. The highest BCUT2D eigenvalue weighted by molar-refractivity contribution is 6.00. The highest BCUT2D eigenvalue weighted by Crippen LogP contribution is 2.25. The molecule has 0 bridgehead atoms. The Morgan fingerprint density at radius 1 is 1.16 bits per heavy atom. The first-order valence-corrected chi connectivity index (χ1v) is 7.57. The van der Waals surface area contributed by atoms with E-state index in [1.165, 1.54) is 12.1 Å². The van der Waals surface area contributed by atoms with Gasteiger partial charge in [-0.2, -0.15) is 0 Å². The molecule has 0 heterocycles. The van der Waals surface area contributed by atoms with Gasteiger partial charge in [-0.1, -0.05) is 23.8 Å². The van der Waals surface area contributed by atoms with Crippen LogP contribution < -0.4 is 5.32 Å². The lowest BCUT2D eigenvalue weighted by Crippen LogP contribution is -2.15. The molecule has 7 nitrogen and oxygen atoms in total. The lowest BCUT2D eigenvalue weighted by molar-refractivity contribution is -0.384. The summed E-state index contributed by atoms with van der Waals surface area (Å²) in [6, 6.07) is 9.31. The fourth-order valence-electron chi connectivity index (χ4n) is 2.44. The number of hydrogen-bond acceptors (Lipinski definition) is 6. The zero-order chi connectivity index (χ0) is 18.6. The minimum Gasteiger partial charge on any atom is -0.454 e. The van der Waals surface area contributed by atoms with E-state index in [2.05, 4.69) is 5.32 Å². The van der Waals surface area contributed by atoms with Crippen LogP contribution in [0.5, 0.6) is 0 Å². The number of aryl methyl sites for hydroxylation is 2. The molecule has 7 heteroatoms. The first kappa shape index (κ1) is 18.1. The summed E-state index contributed by atoms with van der Waals surface area (Å²) in [6.45, 7) is 3.30. The molecule has 0 radical (unpaired) electrons. The lowest BCUT2D eigenvalue weighted by Gasteiger charge is -2.08. The number of hydrogen-bond donors (Lipinski definition) is 1. The molecule has 0 unspecified atom stereocenters. The molecule has 2 aromatic carbocycles. The molecule has 2 rings (SSSR count). The molecule has 1 N–H and O–H groups in total. The van der Waals surface area contributed by atoms with E-state index < -0.39 is 17.5 Å². The van der Waals surface area contributed by atoms with Crippen LogP contribution in [0.4, 0.5) is 11.4 Å². The minimum atomic E-state index is -0.788. The summed E-state index contributed by atoms with van der Waals surface area (Å²) in [7, 11) is 1.54. The Labute approximate surface area is 144 Å². The summed E-state index contributed by atoms with van der Waals surface area (Å²) in [6.07, 6.45) is 0. The number of nitro benzene ring substituents is 1. The number of benzene rings is 2. The zero-order valence-electron chi connectivity index (χ0n) is 14.2. The third kappa shape index (κ3) is 4.20. The second kappa shape index (κ2) is 7.57. The third-order valence-corrected chi connectivity index (χ3v) is 3.72. The molecule has 0 fully saturated rings. The van der Waals surface area contributed by atoms with E-state index in [4.69, 9.17) is 4.74 Å². The van der Waals surface area contributed by atoms with Gasteiger partial charge in [-0.05, 0) is 31.5 Å². The number of ether oxygens (including phenoxy) is 1. The molecule has 0 amide bonds. The maximum Gasteiger partial charge on any atom is 0.338 e. The normalized spacial score (nSPS) is 10.2. The van der Waals surface area contributed by atoms with E-state index in [0.717, 1.165) is 17.2 Å². The van der Waals surface area contributed by atoms with Gasteiger partial charge in [0.15, 0.2) is 6.61 Å². The van der Waals surface area contributed by atoms with Gasteiger partial charge in [-0.3, -0.25) is 14.9 Å². The van der Waals surface area contributed by atoms with Crippen LogP contribution in [-0.4, -0.2) is 30.3 Å². The first-order chi connectivity index (χ1) is 11.8. The molecule has 130 valence electrons. The zero-order valence-corrected chi connectivity index (χ0v) is 14.2. The molecule has 0 saturated heterocycles. The van der Waals surface area contributed by atoms with Gasteiger partial charge in [-0.15, -0.1) is 0 Å². The van der Waals surface area contributed by atoms with Gasteiger partial charge in [0.25, 0.3) is 5.69 Å². The number of carbonyl (C=O) groups is 2. The number of Topliss-reactive ketones (excluding diaryl/α,β-unsaturated/α-hetero) is 1. The Bertz CT molecular complexity index is 845. The predicted molar refractivity (Wildman–Crippen MR) is 93.2 cm³/mol. The lowest BCUT2D eigenvalue weighted by atomic mass is 10.0. The van der Waals surface area contributed by atoms with E-state index in [9.17, 15) is 19.7 Å². The van der Waals surface area contributed by atoms with Crippen LogP contribution in [0.15, 0.2) is 36.4 Å². The van der Waals surface area contributed by atoms with Crippen molar-refractivity contribution < 1.29 is 19.2 Å². The quantitative estimate of drug-likeness (QED) is 0.374. The van der Waals surface area contributed by atoms with Crippen molar-refractivity contribution in [2.75, 3.05) is 19.0 Å². The van der Waals surface area contributed by atoms with Gasteiger partial charge in [-0.25, -0.2) is 4.79 Å². The summed E-state index contributed by atoms with van der Waals surface area (Å²) < 4.78 is 5.01. The molecule has 0 aliphatic carbocycles. The van der Waals surface area contributed by atoms with Crippen LogP contribution in [0.3, 0.4) is 0 Å². The van der Waals surface area contributed by atoms with E-state index in [-0.39, 0.29) is 22.7 Å². The van der Waals surface area contributed by atoms with E-state index in [1.807, 2.05) is 26.0 Å². The molecule has 0 atom stereocenters. The van der Waals surface area contributed by atoms with Crippen molar-refractivity contribution in [3.8, 4) is 0 Å². The number of anilines is 1. The standard InChI is InChI=1S/C18H18N2O5/c1-11-4-6-14(12(2)8-11)17(21)10-25-18(22)13-5-7-15(19-3)16(9-13)20(23)24/h4-9,19H,10H2,1-3H3. The monoisotopic (exact) mass is 342 g/mol. The van der Waals surface area contributed by atoms with Gasteiger partial charge >= 0.3 is 5.97 Å². The van der Waals surface area contributed by atoms with Gasteiger partial charge in [0.05, 0.1) is 10.5 Å². The van der Waals surface area contributed by atoms with Gasteiger partial charge in [0.1, 0.15) is 5.69 Å². The van der Waals surface area contributed by atoms with Gasteiger partial charge in [0, 0.05) is 18.7 Å². The second-order valence-corrected chi connectivity index (χ2v) is 5.56. The number of nitrogens with one attached hydrogen (secondary N) is 1. The Balaban J connectivity index is 2.11. The van der Waals surface area contributed by atoms with Crippen molar-refractivity contribution in [2.45, 2.75) is 13.8 Å². The number of esters is 1. The van der Waals surface area contributed by atoms with Crippen LogP contribution in [0.2, 0.25) is 0 Å². The molecule has 0 aromatic heterocycles. The summed E-state index contributed by atoms with van der Waals surface area (Å²) >= 11 is 0. The Kier molecular flexibility index (Phi) is 5.49. The Morgan fingerprint density at radius 2 is 1.88 bits per heavy atom. The van der Waals surface area contributed by atoms with Crippen molar-refractivity contribution in [1.29, 1.82) is 0 Å².